The van der Waals surface area contributed by atoms with Crippen molar-refractivity contribution in [1.82, 2.24) is 0 Å². The zero-order valence-electron chi connectivity index (χ0n) is 15.2. The predicted molar refractivity (Wildman–Crippen MR) is 110 cm³/mol. The van der Waals surface area contributed by atoms with Crippen LogP contribution < -0.4 is 10.3 Å². The van der Waals surface area contributed by atoms with Crippen LogP contribution >= 0.6 is 0 Å². The third-order valence-corrected chi connectivity index (χ3v) is 5.44. The SMILES string of the molecule is O=c1c(O)c(-c2ccc(N3CCCC3)c(O)c2)oc2c1ccc1ccccc12. The molecule has 1 aromatic heterocycles. The number of rotatable bonds is 2. The van der Waals surface area contributed by atoms with Gasteiger partial charge in [0.2, 0.25) is 11.2 Å². The van der Waals surface area contributed by atoms with Crippen LogP contribution in [-0.4, -0.2) is 23.3 Å². The fraction of sp³-hybridized carbons (Fsp3) is 0.174. The molecule has 0 amide bonds. The molecule has 0 unspecified atom stereocenters. The number of anilines is 1. The minimum absolute atomic E-state index is 0.0668. The van der Waals surface area contributed by atoms with Gasteiger partial charge >= 0.3 is 0 Å². The van der Waals surface area contributed by atoms with Gasteiger partial charge in [0.15, 0.2) is 5.76 Å². The Bertz CT molecular complexity index is 1270. The molecular weight excluding hydrogens is 354 g/mol. The quantitative estimate of drug-likeness (QED) is 0.501. The molecule has 2 N–H and O–H groups in total. The number of benzene rings is 3. The third kappa shape index (κ3) is 2.51. The molecule has 2 heterocycles. The minimum Gasteiger partial charge on any atom is -0.506 e. The number of phenolic OH excluding ortho intramolecular Hbond substituents is 1. The molecule has 0 atom stereocenters. The normalized spacial score (nSPS) is 14.2. The molecule has 140 valence electrons. The lowest BCUT2D eigenvalue weighted by atomic mass is 10.0. The lowest BCUT2D eigenvalue weighted by molar-refractivity contribution is 0.449. The Morgan fingerprint density at radius 3 is 2.46 bits per heavy atom. The Hall–Kier alpha value is -3.47. The summed E-state index contributed by atoms with van der Waals surface area (Å²) in [5, 5.41) is 23.1. The number of aromatic hydroxyl groups is 2. The molecule has 4 aromatic rings. The van der Waals surface area contributed by atoms with E-state index in [1.807, 2.05) is 36.4 Å². The van der Waals surface area contributed by atoms with E-state index >= 15 is 0 Å². The van der Waals surface area contributed by atoms with Crippen molar-refractivity contribution in [2.24, 2.45) is 0 Å². The fourth-order valence-electron chi connectivity index (χ4n) is 4.00. The second kappa shape index (κ2) is 6.30. The minimum atomic E-state index is -0.481. The van der Waals surface area contributed by atoms with E-state index in [4.69, 9.17) is 4.42 Å². The predicted octanol–water partition coefficient (Wildman–Crippen LogP) is 4.62. The molecule has 5 rings (SSSR count). The second-order valence-electron chi connectivity index (χ2n) is 7.17. The molecule has 1 aliphatic heterocycles. The second-order valence-corrected chi connectivity index (χ2v) is 7.17. The van der Waals surface area contributed by atoms with Gasteiger partial charge in [-0.15, -0.1) is 0 Å². The molecule has 1 fully saturated rings. The number of hydrogen-bond donors (Lipinski definition) is 2. The average Bonchev–Trinajstić information content (AvgIpc) is 3.24. The van der Waals surface area contributed by atoms with Crippen LogP contribution in [0.15, 0.2) is 63.8 Å². The van der Waals surface area contributed by atoms with Crippen LogP contribution in [0.3, 0.4) is 0 Å². The maximum Gasteiger partial charge on any atom is 0.235 e. The van der Waals surface area contributed by atoms with E-state index in [9.17, 15) is 15.0 Å². The molecule has 0 spiro atoms. The summed E-state index contributed by atoms with van der Waals surface area (Å²) in [5.41, 5.74) is 1.17. The molecular formula is C23H19NO4. The van der Waals surface area contributed by atoms with Crippen molar-refractivity contribution in [1.29, 1.82) is 0 Å². The summed E-state index contributed by atoms with van der Waals surface area (Å²) in [6, 6.07) is 16.3. The summed E-state index contributed by atoms with van der Waals surface area (Å²) in [6.07, 6.45) is 2.21. The van der Waals surface area contributed by atoms with Crippen molar-refractivity contribution in [3.63, 3.8) is 0 Å². The molecule has 1 aliphatic rings. The Morgan fingerprint density at radius 1 is 0.893 bits per heavy atom. The lowest BCUT2D eigenvalue weighted by Crippen LogP contribution is -2.17. The average molecular weight is 373 g/mol. The van der Waals surface area contributed by atoms with Gasteiger partial charge in [-0.25, -0.2) is 0 Å². The van der Waals surface area contributed by atoms with E-state index in [0.29, 0.717) is 16.5 Å². The summed E-state index contributed by atoms with van der Waals surface area (Å²) < 4.78 is 6.02. The van der Waals surface area contributed by atoms with Crippen molar-refractivity contribution in [2.45, 2.75) is 12.8 Å². The first-order valence-corrected chi connectivity index (χ1v) is 9.39. The zero-order chi connectivity index (χ0) is 19.3. The standard InChI is InChI=1S/C23H19NO4/c25-19-13-15(8-10-18(19)24-11-3-4-12-24)22-21(27)20(26)17-9-7-14-5-1-2-6-16(14)23(17)28-22/h1-2,5-10,13,25,27H,3-4,11-12H2. The summed E-state index contributed by atoms with van der Waals surface area (Å²) in [4.78, 5) is 14.9. The highest BCUT2D eigenvalue weighted by Gasteiger charge is 2.20. The van der Waals surface area contributed by atoms with Crippen LogP contribution in [0.4, 0.5) is 5.69 Å². The van der Waals surface area contributed by atoms with Crippen molar-refractivity contribution >= 4 is 27.4 Å². The lowest BCUT2D eigenvalue weighted by Gasteiger charge is -2.19. The first kappa shape index (κ1) is 16.7. The Balaban J connectivity index is 1.72. The van der Waals surface area contributed by atoms with Crippen molar-refractivity contribution in [3.05, 3.63) is 64.8 Å². The third-order valence-electron chi connectivity index (χ3n) is 5.44. The van der Waals surface area contributed by atoms with Crippen LogP contribution in [0, 0.1) is 0 Å². The molecule has 0 saturated carbocycles. The first-order valence-electron chi connectivity index (χ1n) is 9.39. The van der Waals surface area contributed by atoms with Crippen LogP contribution in [0.2, 0.25) is 0 Å². The van der Waals surface area contributed by atoms with Gasteiger partial charge in [-0.2, -0.15) is 0 Å². The number of hydrogen-bond acceptors (Lipinski definition) is 5. The van der Waals surface area contributed by atoms with Gasteiger partial charge in [-0.3, -0.25) is 4.79 Å². The Morgan fingerprint density at radius 2 is 1.68 bits per heavy atom. The first-order chi connectivity index (χ1) is 13.6. The monoisotopic (exact) mass is 373 g/mol. The molecule has 3 aromatic carbocycles. The summed E-state index contributed by atoms with van der Waals surface area (Å²) in [7, 11) is 0. The number of phenols is 1. The van der Waals surface area contributed by atoms with Crippen LogP contribution in [0.5, 0.6) is 11.5 Å². The highest BCUT2D eigenvalue weighted by Crippen LogP contribution is 2.38. The summed E-state index contributed by atoms with van der Waals surface area (Å²) in [6.45, 7) is 1.82. The highest BCUT2D eigenvalue weighted by atomic mass is 16.4. The van der Waals surface area contributed by atoms with Gasteiger partial charge in [-0.1, -0.05) is 30.3 Å². The van der Waals surface area contributed by atoms with Crippen LogP contribution in [0.25, 0.3) is 33.1 Å². The fourth-order valence-corrected chi connectivity index (χ4v) is 4.00. The smallest absolute Gasteiger partial charge is 0.235 e. The Labute approximate surface area is 161 Å². The van der Waals surface area contributed by atoms with E-state index in [2.05, 4.69) is 4.90 Å². The largest absolute Gasteiger partial charge is 0.506 e. The van der Waals surface area contributed by atoms with Gasteiger partial charge in [0.05, 0.1) is 11.1 Å². The van der Waals surface area contributed by atoms with Crippen LogP contribution in [-0.2, 0) is 0 Å². The van der Waals surface area contributed by atoms with Gasteiger partial charge in [0.1, 0.15) is 11.3 Å². The molecule has 5 heteroatoms. The van der Waals surface area contributed by atoms with Gasteiger partial charge in [0.25, 0.3) is 0 Å². The van der Waals surface area contributed by atoms with Gasteiger partial charge in [-0.05, 0) is 42.5 Å². The summed E-state index contributed by atoms with van der Waals surface area (Å²) >= 11 is 0. The van der Waals surface area contributed by atoms with Crippen molar-refractivity contribution < 1.29 is 14.6 Å². The molecule has 0 radical (unpaired) electrons. The zero-order valence-corrected chi connectivity index (χ0v) is 15.2. The molecule has 5 nitrogen and oxygen atoms in total. The Kier molecular flexibility index (Phi) is 3.76. The highest BCUT2D eigenvalue weighted by molar-refractivity contribution is 6.04. The molecule has 0 bridgehead atoms. The maximum absolute atomic E-state index is 12.7. The molecule has 1 saturated heterocycles. The number of nitrogens with zero attached hydrogens (tertiary/aromatic N) is 1. The van der Waals surface area contributed by atoms with Crippen molar-refractivity contribution in [2.75, 3.05) is 18.0 Å². The number of fused-ring (bicyclic) bond motifs is 3. The van der Waals surface area contributed by atoms with Crippen LogP contribution in [0.1, 0.15) is 12.8 Å². The van der Waals surface area contributed by atoms with E-state index in [1.165, 1.54) is 0 Å². The van der Waals surface area contributed by atoms with E-state index < -0.39 is 11.2 Å². The van der Waals surface area contributed by atoms with E-state index in [0.717, 1.165) is 42.4 Å². The van der Waals surface area contributed by atoms with Gasteiger partial charge in [0, 0.05) is 24.0 Å². The van der Waals surface area contributed by atoms with Gasteiger partial charge < -0.3 is 19.5 Å². The van der Waals surface area contributed by atoms with E-state index in [1.54, 1.807) is 18.2 Å². The van der Waals surface area contributed by atoms with E-state index in [-0.39, 0.29) is 11.5 Å². The maximum atomic E-state index is 12.7. The topological polar surface area (TPSA) is 73.9 Å². The summed E-state index contributed by atoms with van der Waals surface area (Å²) in [5.74, 6) is -0.271. The van der Waals surface area contributed by atoms with Crippen molar-refractivity contribution in [3.8, 4) is 22.8 Å². The molecule has 0 aliphatic carbocycles. The molecule has 28 heavy (non-hydrogen) atoms.